The third kappa shape index (κ3) is 3.51. The van der Waals surface area contributed by atoms with Crippen LogP contribution in [0.5, 0.6) is 5.75 Å². The predicted octanol–water partition coefficient (Wildman–Crippen LogP) is 3.01. The third-order valence-electron chi connectivity index (χ3n) is 2.89. The van der Waals surface area contributed by atoms with Crippen LogP contribution in [0.25, 0.3) is 0 Å². The Labute approximate surface area is 139 Å². The summed E-state index contributed by atoms with van der Waals surface area (Å²) in [5.41, 5.74) is -5.60. The number of rotatable bonds is 4. The monoisotopic (exact) mass is 380 g/mol. The Bertz CT molecular complexity index is 876. The summed E-state index contributed by atoms with van der Waals surface area (Å²) in [6, 6.07) is 2.48. The third-order valence-corrected chi connectivity index (χ3v) is 5.14. The predicted molar refractivity (Wildman–Crippen MR) is 81.0 cm³/mol. The van der Waals surface area contributed by atoms with Crippen molar-refractivity contribution in [1.29, 1.82) is 0 Å². The number of carbonyl (C=O) groups is 1. The van der Waals surface area contributed by atoms with Gasteiger partial charge >= 0.3 is 5.51 Å². The number of hydrogen-bond donors (Lipinski definition) is 1. The van der Waals surface area contributed by atoms with E-state index in [9.17, 15) is 26.4 Å². The minimum Gasteiger partial charge on any atom is -0.495 e. The van der Waals surface area contributed by atoms with Crippen molar-refractivity contribution in [2.45, 2.75) is 17.3 Å². The highest BCUT2D eigenvalue weighted by atomic mass is 32.2. The number of amides is 1. The van der Waals surface area contributed by atoms with E-state index in [1.54, 1.807) is 6.92 Å². The lowest BCUT2D eigenvalue weighted by atomic mass is 10.3. The molecule has 0 aliphatic rings. The molecule has 0 spiro atoms. The zero-order valence-electron chi connectivity index (χ0n) is 12.3. The lowest BCUT2D eigenvalue weighted by molar-refractivity contribution is -0.0436. The van der Waals surface area contributed by atoms with Crippen molar-refractivity contribution >= 4 is 32.8 Å². The molecule has 24 heavy (non-hydrogen) atoms. The molecule has 2 aromatic rings. The van der Waals surface area contributed by atoms with Gasteiger partial charge in [0.1, 0.15) is 11.4 Å². The van der Waals surface area contributed by atoms with Crippen LogP contribution in [0.4, 0.5) is 18.9 Å². The van der Waals surface area contributed by atoms with Crippen molar-refractivity contribution in [2.75, 3.05) is 12.4 Å². The van der Waals surface area contributed by atoms with Crippen LogP contribution in [0.15, 0.2) is 28.5 Å². The molecule has 1 heterocycles. The summed E-state index contributed by atoms with van der Waals surface area (Å²) in [5, 5.41) is 4.39. The average molecular weight is 380 g/mol. The molecule has 11 heteroatoms. The fourth-order valence-electron chi connectivity index (χ4n) is 1.74. The number of ether oxygens (including phenoxy) is 1. The molecular formula is C13H11F3N2O4S2. The molecule has 0 radical (unpaired) electrons. The standard InChI is InChI=1S/C13H11F3N2O4S2/c1-7-17-10(6-23-7)12(19)18-9-5-8(3-4-11(9)22-2)24(20,21)13(14,15)16/h3-6H,1-2H3,(H,18,19). The van der Waals surface area contributed by atoms with E-state index in [1.165, 1.54) is 23.8 Å². The van der Waals surface area contributed by atoms with Crippen molar-refractivity contribution in [2.24, 2.45) is 0 Å². The van der Waals surface area contributed by atoms with Crippen LogP contribution in [0.3, 0.4) is 0 Å². The number of halogens is 3. The molecule has 1 aromatic carbocycles. The van der Waals surface area contributed by atoms with Gasteiger partial charge in [-0.15, -0.1) is 11.3 Å². The summed E-state index contributed by atoms with van der Waals surface area (Å²) in [7, 11) is -4.31. The number of carbonyl (C=O) groups excluding carboxylic acids is 1. The molecule has 0 unspecified atom stereocenters. The number of benzene rings is 1. The molecule has 2 rings (SSSR count). The molecule has 0 atom stereocenters. The molecule has 0 aliphatic carbocycles. The van der Waals surface area contributed by atoms with Crippen molar-refractivity contribution in [3.63, 3.8) is 0 Å². The Hall–Kier alpha value is -2.14. The fourth-order valence-corrected chi connectivity index (χ4v) is 3.12. The number of nitrogens with one attached hydrogen (secondary N) is 1. The van der Waals surface area contributed by atoms with E-state index >= 15 is 0 Å². The highest BCUT2D eigenvalue weighted by Gasteiger charge is 2.47. The second-order valence-electron chi connectivity index (χ2n) is 4.52. The van der Waals surface area contributed by atoms with Gasteiger partial charge in [0.15, 0.2) is 0 Å². The maximum absolute atomic E-state index is 12.6. The van der Waals surface area contributed by atoms with Crippen LogP contribution < -0.4 is 10.1 Å². The lowest BCUT2D eigenvalue weighted by Crippen LogP contribution is -2.23. The molecule has 6 nitrogen and oxygen atoms in total. The molecule has 0 fully saturated rings. The maximum atomic E-state index is 12.6. The van der Waals surface area contributed by atoms with Crippen LogP contribution in [0.2, 0.25) is 0 Å². The van der Waals surface area contributed by atoms with Crippen LogP contribution >= 0.6 is 11.3 Å². The van der Waals surface area contributed by atoms with Gasteiger partial charge in [-0.05, 0) is 25.1 Å². The van der Waals surface area contributed by atoms with Gasteiger partial charge in [-0.1, -0.05) is 0 Å². The second-order valence-corrected chi connectivity index (χ2v) is 7.52. The first-order valence-electron chi connectivity index (χ1n) is 6.29. The topological polar surface area (TPSA) is 85.4 Å². The number of methoxy groups -OCH3 is 1. The number of thiazole rings is 1. The highest BCUT2D eigenvalue weighted by molar-refractivity contribution is 7.92. The molecule has 0 saturated carbocycles. The summed E-state index contributed by atoms with van der Waals surface area (Å²) in [5.74, 6) is -0.685. The van der Waals surface area contributed by atoms with E-state index in [0.29, 0.717) is 11.1 Å². The molecule has 130 valence electrons. The zero-order valence-corrected chi connectivity index (χ0v) is 14.0. The summed E-state index contributed by atoms with van der Waals surface area (Å²) in [6.45, 7) is 1.68. The van der Waals surface area contributed by atoms with Crippen molar-refractivity contribution in [1.82, 2.24) is 4.98 Å². The largest absolute Gasteiger partial charge is 0.501 e. The van der Waals surface area contributed by atoms with Gasteiger partial charge in [0, 0.05) is 5.38 Å². The number of sulfone groups is 1. The van der Waals surface area contributed by atoms with Gasteiger partial charge in [-0.2, -0.15) is 13.2 Å². The SMILES string of the molecule is COc1ccc(S(=O)(=O)C(F)(F)F)cc1NC(=O)c1csc(C)n1. The second kappa shape index (κ2) is 6.40. The number of alkyl halides is 3. The number of anilines is 1. The normalized spacial score (nSPS) is 12.0. The molecule has 0 saturated heterocycles. The molecule has 0 bridgehead atoms. The minimum atomic E-state index is -5.54. The van der Waals surface area contributed by atoms with Gasteiger partial charge in [0.25, 0.3) is 15.7 Å². The Kier molecular flexibility index (Phi) is 4.85. The molecule has 1 N–H and O–H groups in total. The molecule has 1 amide bonds. The fraction of sp³-hybridized carbons (Fsp3) is 0.231. The Morgan fingerprint density at radius 1 is 1.33 bits per heavy atom. The summed E-state index contributed by atoms with van der Waals surface area (Å²) < 4.78 is 65.8. The van der Waals surface area contributed by atoms with E-state index in [1.807, 2.05) is 0 Å². The average Bonchev–Trinajstić information content (AvgIpc) is 2.92. The lowest BCUT2D eigenvalue weighted by Gasteiger charge is -2.13. The van der Waals surface area contributed by atoms with Crippen LogP contribution in [-0.4, -0.2) is 31.9 Å². The summed E-state index contributed by atoms with van der Waals surface area (Å²) >= 11 is 1.22. The van der Waals surface area contributed by atoms with E-state index in [-0.39, 0.29) is 17.1 Å². The molecule has 0 aliphatic heterocycles. The Balaban J connectivity index is 2.42. The van der Waals surface area contributed by atoms with E-state index < -0.39 is 26.1 Å². The van der Waals surface area contributed by atoms with Gasteiger partial charge in [-0.25, -0.2) is 13.4 Å². The first-order valence-corrected chi connectivity index (χ1v) is 8.65. The quantitative estimate of drug-likeness (QED) is 0.881. The van der Waals surface area contributed by atoms with Gasteiger partial charge in [0.2, 0.25) is 0 Å². The first-order chi connectivity index (χ1) is 11.1. The van der Waals surface area contributed by atoms with Crippen molar-refractivity contribution in [3.05, 3.63) is 34.3 Å². The van der Waals surface area contributed by atoms with E-state index in [2.05, 4.69) is 10.3 Å². The van der Waals surface area contributed by atoms with E-state index in [0.717, 1.165) is 12.1 Å². The van der Waals surface area contributed by atoms with E-state index in [4.69, 9.17) is 4.74 Å². The number of nitrogens with zero attached hydrogens (tertiary/aromatic N) is 1. The minimum absolute atomic E-state index is 0.0106. The first kappa shape index (κ1) is 18.2. The smallest absolute Gasteiger partial charge is 0.495 e. The van der Waals surface area contributed by atoms with Crippen LogP contribution in [0, 0.1) is 6.92 Å². The summed E-state index contributed by atoms with van der Waals surface area (Å²) in [4.78, 5) is 15.0. The van der Waals surface area contributed by atoms with Crippen LogP contribution in [-0.2, 0) is 9.84 Å². The number of aromatic nitrogens is 1. The van der Waals surface area contributed by atoms with Gasteiger partial charge in [-0.3, -0.25) is 4.79 Å². The number of hydrogen-bond acceptors (Lipinski definition) is 6. The van der Waals surface area contributed by atoms with Crippen LogP contribution in [0.1, 0.15) is 15.5 Å². The van der Waals surface area contributed by atoms with Crippen molar-refractivity contribution < 1.29 is 31.1 Å². The molecular weight excluding hydrogens is 369 g/mol. The number of aryl methyl sites for hydroxylation is 1. The van der Waals surface area contributed by atoms with Crippen molar-refractivity contribution in [3.8, 4) is 5.75 Å². The van der Waals surface area contributed by atoms with Gasteiger partial charge in [0.05, 0.1) is 22.7 Å². The Morgan fingerprint density at radius 2 is 2.00 bits per heavy atom. The van der Waals surface area contributed by atoms with Gasteiger partial charge < -0.3 is 10.1 Å². The molecule has 1 aromatic heterocycles. The highest BCUT2D eigenvalue weighted by Crippen LogP contribution is 2.34. The summed E-state index contributed by atoms with van der Waals surface area (Å²) in [6.07, 6.45) is 0. The Morgan fingerprint density at radius 3 is 2.50 bits per heavy atom. The maximum Gasteiger partial charge on any atom is 0.501 e. The zero-order chi connectivity index (χ0) is 18.1.